The van der Waals surface area contributed by atoms with Gasteiger partial charge < -0.3 is 26.0 Å². The summed E-state index contributed by atoms with van der Waals surface area (Å²) in [6.07, 6.45) is 0.134. The lowest BCUT2D eigenvalue weighted by Gasteiger charge is -2.52. The van der Waals surface area contributed by atoms with Crippen LogP contribution in [0.5, 0.6) is 0 Å². The van der Waals surface area contributed by atoms with Crippen LogP contribution in [0.3, 0.4) is 0 Å². The predicted octanol–water partition coefficient (Wildman–Crippen LogP) is 6.48. The van der Waals surface area contributed by atoms with Gasteiger partial charge in [-0.1, -0.05) is 88.7 Å². The van der Waals surface area contributed by atoms with E-state index in [-0.39, 0.29) is 35.3 Å². The van der Waals surface area contributed by atoms with Crippen molar-refractivity contribution >= 4 is 39.3 Å². The SMILES string of the molecule is CC(=O)O[C@H]1[C@@H](Cc2ccccc2)N(Cc2ccc(F)c(N)c2)C(=O)N(Cc2ccc(F)c(N)c2)[C@H]1C(Br)Cc1ccccc1. The van der Waals surface area contributed by atoms with Gasteiger partial charge in [-0.2, -0.15) is 0 Å². The van der Waals surface area contributed by atoms with E-state index in [4.69, 9.17) is 16.2 Å². The van der Waals surface area contributed by atoms with Crippen molar-refractivity contribution in [2.24, 2.45) is 0 Å². The van der Waals surface area contributed by atoms with Gasteiger partial charge in [-0.05, 0) is 59.4 Å². The Labute approximate surface area is 269 Å². The lowest BCUT2D eigenvalue weighted by Crippen LogP contribution is -2.69. The molecule has 0 spiro atoms. The summed E-state index contributed by atoms with van der Waals surface area (Å²) >= 11 is 3.88. The number of esters is 1. The number of benzene rings is 4. The quantitative estimate of drug-likeness (QED) is 0.114. The number of hydrogen-bond acceptors (Lipinski definition) is 5. The number of carbonyl (C=O) groups is 2. The van der Waals surface area contributed by atoms with Crippen LogP contribution in [0.4, 0.5) is 25.0 Å². The van der Waals surface area contributed by atoms with Crippen molar-refractivity contribution in [2.45, 2.75) is 55.9 Å². The van der Waals surface area contributed by atoms with Crippen molar-refractivity contribution in [1.29, 1.82) is 0 Å². The largest absolute Gasteiger partial charge is 0.458 e. The number of nitrogens with zero attached hydrogens (tertiary/aromatic N) is 2. The highest BCUT2D eigenvalue weighted by atomic mass is 79.9. The zero-order valence-electron chi connectivity index (χ0n) is 24.8. The van der Waals surface area contributed by atoms with Crippen LogP contribution in [0.25, 0.3) is 0 Å². The maximum atomic E-state index is 14.7. The maximum absolute atomic E-state index is 14.7. The Morgan fingerprint density at radius 3 is 1.82 bits per heavy atom. The highest BCUT2D eigenvalue weighted by Gasteiger charge is 2.51. The first-order valence-corrected chi connectivity index (χ1v) is 15.6. The molecular weight excluding hydrogens is 642 g/mol. The maximum Gasteiger partial charge on any atom is 0.321 e. The summed E-state index contributed by atoms with van der Waals surface area (Å²) < 4.78 is 34.4. The number of alkyl halides is 1. The minimum absolute atomic E-state index is 0.0343. The summed E-state index contributed by atoms with van der Waals surface area (Å²) in [4.78, 5) is 30.4. The fraction of sp³-hybridized carbons (Fsp3) is 0.257. The number of amides is 2. The fourth-order valence-corrected chi connectivity index (χ4v) is 6.89. The van der Waals surface area contributed by atoms with E-state index in [1.165, 1.54) is 31.2 Å². The molecule has 10 heteroatoms. The molecule has 1 aliphatic heterocycles. The van der Waals surface area contributed by atoms with Crippen LogP contribution in [-0.4, -0.2) is 44.8 Å². The van der Waals surface area contributed by atoms with Gasteiger partial charge in [-0.25, -0.2) is 13.6 Å². The molecule has 0 aromatic heterocycles. The molecule has 1 saturated heterocycles. The molecule has 1 unspecified atom stereocenters. The Balaban J connectivity index is 1.63. The molecule has 45 heavy (non-hydrogen) atoms. The normalized spacial score (nSPS) is 18.9. The van der Waals surface area contributed by atoms with Crippen LogP contribution in [-0.2, 0) is 35.5 Å². The third-order valence-corrected chi connectivity index (χ3v) is 8.89. The number of nitrogen functional groups attached to an aromatic ring is 2. The lowest BCUT2D eigenvalue weighted by atomic mass is 9.87. The summed E-state index contributed by atoms with van der Waals surface area (Å²) in [5.74, 6) is -1.60. The fourth-order valence-electron chi connectivity index (χ4n) is 5.93. The van der Waals surface area contributed by atoms with Crippen molar-refractivity contribution in [2.75, 3.05) is 11.5 Å². The molecule has 0 aliphatic carbocycles. The van der Waals surface area contributed by atoms with Gasteiger partial charge in [-0.15, -0.1) is 0 Å². The first-order valence-electron chi connectivity index (χ1n) is 14.6. The van der Waals surface area contributed by atoms with E-state index >= 15 is 0 Å². The van der Waals surface area contributed by atoms with Crippen LogP contribution in [0, 0.1) is 11.6 Å². The van der Waals surface area contributed by atoms with E-state index in [9.17, 15) is 18.4 Å². The van der Waals surface area contributed by atoms with Gasteiger partial charge in [0.15, 0.2) is 0 Å². The monoisotopic (exact) mass is 676 g/mol. The zero-order valence-corrected chi connectivity index (χ0v) is 26.4. The first kappa shape index (κ1) is 32.0. The van der Waals surface area contributed by atoms with Crippen molar-refractivity contribution < 1.29 is 23.1 Å². The van der Waals surface area contributed by atoms with E-state index in [1.54, 1.807) is 21.9 Å². The molecule has 4 atom stereocenters. The van der Waals surface area contributed by atoms with Gasteiger partial charge in [0.1, 0.15) is 17.7 Å². The van der Waals surface area contributed by atoms with Crippen LogP contribution < -0.4 is 11.5 Å². The average Bonchev–Trinajstić information content (AvgIpc) is 3.01. The van der Waals surface area contributed by atoms with Crippen molar-refractivity contribution in [1.82, 2.24) is 9.80 Å². The molecule has 234 valence electrons. The zero-order chi connectivity index (χ0) is 32.1. The Bertz CT molecular complexity index is 1640. The second-order valence-electron chi connectivity index (χ2n) is 11.3. The predicted molar refractivity (Wildman–Crippen MR) is 174 cm³/mol. The molecule has 0 radical (unpaired) electrons. The van der Waals surface area contributed by atoms with E-state index in [0.29, 0.717) is 24.0 Å². The number of anilines is 2. The average molecular weight is 678 g/mol. The third-order valence-electron chi connectivity index (χ3n) is 8.03. The Morgan fingerprint density at radius 1 is 0.800 bits per heavy atom. The minimum Gasteiger partial charge on any atom is -0.458 e. The lowest BCUT2D eigenvalue weighted by molar-refractivity contribution is -0.157. The van der Waals surface area contributed by atoms with Crippen LogP contribution in [0.1, 0.15) is 29.2 Å². The number of hydrogen-bond donors (Lipinski definition) is 2. The first-order chi connectivity index (χ1) is 21.6. The van der Waals surface area contributed by atoms with E-state index in [1.807, 2.05) is 60.7 Å². The molecule has 1 fully saturated rings. The van der Waals surface area contributed by atoms with Gasteiger partial charge in [0.2, 0.25) is 0 Å². The molecule has 2 amide bonds. The highest BCUT2D eigenvalue weighted by Crippen LogP contribution is 2.36. The minimum atomic E-state index is -0.788. The molecule has 4 N–H and O–H groups in total. The number of ether oxygens (including phenoxy) is 1. The summed E-state index contributed by atoms with van der Waals surface area (Å²) in [5.41, 5.74) is 14.9. The molecule has 5 rings (SSSR count). The number of rotatable bonds is 10. The van der Waals surface area contributed by atoms with Crippen molar-refractivity contribution in [3.05, 3.63) is 131 Å². The summed E-state index contributed by atoms with van der Waals surface area (Å²) in [6, 6.07) is 26.6. The second kappa shape index (κ2) is 14.1. The summed E-state index contributed by atoms with van der Waals surface area (Å²) in [6.45, 7) is 1.51. The Kier molecular flexibility index (Phi) is 10.0. The van der Waals surface area contributed by atoms with Crippen LogP contribution in [0.15, 0.2) is 97.1 Å². The number of urea groups is 1. The number of carbonyl (C=O) groups excluding carboxylic acids is 2. The van der Waals surface area contributed by atoms with Gasteiger partial charge in [0.05, 0.1) is 23.5 Å². The molecule has 1 heterocycles. The van der Waals surface area contributed by atoms with Gasteiger partial charge in [0, 0.05) is 24.8 Å². The molecule has 1 aliphatic rings. The molecular formula is C35H35BrF2N4O3. The number of halogens is 3. The molecule has 7 nitrogen and oxygen atoms in total. The highest BCUT2D eigenvalue weighted by molar-refractivity contribution is 9.09. The van der Waals surface area contributed by atoms with Crippen LogP contribution in [0.2, 0.25) is 0 Å². The van der Waals surface area contributed by atoms with E-state index in [0.717, 1.165) is 11.1 Å². The topological polar surface area (TPSA) is 102 Å². The number of nitrogens with two attached hydrogens (primary N) is 2. The van der Waals surface area contributed by atoms with E-state index < -0.39 is 35.8 Å². The standard InChI is InChI=1S/C35H35BrF2N4O3/c1-22(43)45-34-32(19-24-10-6-3-7-11-24)41(20-25-12-14-28(37)30(39)17-25)35(44)42(21-26-13-15-29(38)31(40)18-26)33(34)27(36)16-23-8-4-2-5-9-23/h2-15,17-18,27,32-34H,16,19-21,39-40H2,1H3/t27?,32-,33+,34+/m1/s1. The van der Waals surface area contributed by atoms with Crippen molar-refractivity contribution in [3.63, 3.8) is 0 Å². The Hall–Kier alpha value is -4.44. The summed E-state index contributed by atoms with van der Waals surface area (Å²) in [5, 5.41) is 0. The smallest absolute Gasteiger partial charge is 0.321 e. The molecule has 0 bridgehead atoms. The van der Waals surface area contributed by atoms with Gasteiger partial charge in [0.25, 0.3) is 0 Å². The van der Waals surface area contributed by atoms with Gasteiger partial charge >= 0.3 is 12.0 Å². The van der Waals surface area contributed by atoms with E-state index in [2.05, 4.69) is 15.9 Å². The molecule has 0 saturated carbocycles. The van der Waals surface area contributed by atoms with Crippen LogP contribution >= 0.6 is 15.9 Å². The molecule has 4 aromatic rings. The second-order valence-corrected chi connectivity index (χ2v) is 12.5. The summed E-state index contributed by atoms with van der Waals surface area (Å²) in [7, 11) is 0. The van der Waals surface area contributed by atoms with Crippen molar-refractivity contribution in [3.8, 4) is 0 Å². The Morgan fingerprint density at radius 2 is 1.31 bits per heavy atom. The molecule has 4 aromatic carbocycles. The van der Waals surface area contributed by atoms with Gasteiger partial charge in [-0.3, -0.25) is 4.79 Å². The third kappa shape index (κ3) is 7.62.